The lowest BCUT2D eigenvalue weighted by Crippen LogP contribution is -2.48. The Kier molecular flexibility index (Phi) is 3.55. The van der Waals surface area contributed by atoms with E-state index in [4.69, 9.17) is 4.74 Å². The minimum atomic E-state index is -0.578. The zero-order valence-electron chi connectivity index (χ0n) is 9.15. The van der Waals surface area contributed by atoms with Gasteiger partial charge < -0.3 is 9.84 Å². The van der Waals surface area contributed by atoms with Gasteiger partial charge in [0.25, 0.3) is 5.91 Å². The third-order valence-electron chi connectivity index (χ3n) is 2.48. The minimum absolute atomic E-state index is 0.0536. The van der Waals surface area contributed by atoms with Crippen molar-refractivity contribution in [3.63, 3.8) is 0 Å². The fraction of sp³-hybridized carbons (Fsp3) is 0.364. The van der Waals surface area contributed by atoms with Gasteiger partial charge >= 0.3 is 0 Å². The second-order valence-corrected chi connectivity index (χ2v) is 3.70. The maximum absolute atomic E-state index is 12.8. The summed E-state index contributed by atoms with van der Waals surface area (Å²) < 4.78 is 17.9. The second-order valence-electron chi connectivity index (χ2n) is 3.70. The number of hydrogen-bond acceptors (Lipinski definition) is 4. The molecule has 0 bridgehead atoms. The van der Waals surface area contributed by atoms with Crippen molar-refractivity contribution < 1.29 is 19.0 Å². The van der Waals surface area contributed by atoms with Crippen molar-refractivity contribution in [3.05, 3.63) is 29.6 Å². The molecule has 0 radical (unpaired) electrons. The van der Waals surface area contributed by atoms with E-state index >= 15 is 0 Å². The first-order valence-electron chi connectivity index (χ1n) is 5.29. The van der Waals surface area contributed by atoms with Gasteiger partial charge in [-0.1, -0.05) is 0 Å². The molecule has 1 amide bonds. The third-order valence-corrected chi connectivity index (χ3v) is 2.48. The Labute approximate surface area is 97.8 Å². The first-order chi connectivity index (χ1) is 8.16. The monoisotopic (exact) mass is 240 g/mol. The molecule has 1 fully saturated rings. The first kappa shape index (κ1) is 11.8. The smallest absolute Gasteiger partial charge is 0.269 e. The molecule has 0 aromatic heterocycles. The van der Waals surface area contributed by atoms with Crippen LogP contribution in [0.5, 0.6) is 5.75 Å². The number of phenolic OH excluding ortho intramolecular Hbond substituents is 1. The number of benzene rings is 1. The highest BCUT2D eigenvalue weighted by Gasteiger charge is 2.16. The Hall–Kier alpha value is -1.66. The number of hydrogen-bond donors (Lipinski definition) is 2. The number of aromatic hydroxyl groups is 1. The molecule has 1 aliphatic rings. The minimum Gasteiger partial charge on any atom is -0.507 e. The maximum atomic E-state index is 12.8. The van der Waals surface area contributed by atoms with Crippen LogP contribution in [-0.2, 0) is 4.74 Å². The van der Waals surface area contributed by atoms with E-state index in [1.807, 2.05) is 0 Å². The van der Waals surface area contributed by atoms with Crippen LogP contribution in [0, 0.1) is 5.82 Å². The van der Waals surface area contributed by atoms with Gasteiger partial charge in [-0.2, -0.15) is 0 Å². The zero-order valence-corrected chi connectivity index (χ0v) is 9.15. The van der Waals surface area contributed by atoms with Crippen molar-refractivity contribution >= 4 is 5.91 Å². The van der Waals surface area contributed by atoms with Crippen LogP contribution in [-0.4, -0.2) is 42.3 Å². The van der Waals surface area contributed by atoms with Crippen molar-refractivity contribution in [2.45, 2.75) is 0 Å². The number of nitrogens with zero attached hydrogens (tertiary/aromatic N) is 1. The summed E-state index contributed by atoms with van der Waals surface area (Å²) in [6.45, 7) is 2.28. The summed E-state index contributed by atoms with van der Waals surface area (Å²) in [6.07, 6.45) is 0. The number of ether oxygens (including phenoxy) is 1. The first-order valence-corrected chi connectivity index (χ1v) is 5.29. The molecule has 2 N–H and O–H groups in total. The van der Waals surface area contributed by atoms with Gasteiger partial charge in [-0.3, -0.25) is 10.2 Å². The van der Waals surface area contributed by atoms with Crippen molar-refractivity contribution in [3.8, 4) is 5.75 Å². The number of hydrazine groups is 1. The molecule has 1 saturated heterocycles. The number of phenols is 1. The fourth-order valence-corrected chi connectivity index (χ4v) is 1.58. The van der Waals surface area contributed by atoms with Crippen LogP contribution in [0.25, 0.3) is 0 Å². The summed E-state index contributed by atoms with van der Waals surface area (Å²) in [5.74, 6) is -1.40. The predicted molar refractivity (Wildman–Crippen MR) is 57.9 cm³/mol. The maximum Gasteiger partial charge on any atom is 0.269 e. The highest BCUT2D eigenvalue weighted by atomic mass is 19.1. The Morgan fingerprint density at radius 1 is 1.41 bits per heavy atom. The highest BCUT2D eigenvalue weighted by Crippen LogP contribution is 2.17. The molecule has 0 atom stereocenters. The number of morpholine rings is 1. The molecule has 92 valence electrons. The van der Waals surface area contributed by atoms with Crippen molar-refractivity contribution in [1.82, 2.24) is 10.4 Å². The normalized spacial score (nSPS) is 16.8. The van der Waals surface area contributed by atoms with Gasteiger partial charge in [-0.25, -0.2) is 9.40 Å². The van der Waals surface area contributed by atoms with Crippen LogP contribution in [0.15, 0.2) is 18.2 Å². The number of halogens is 1. The average molecular weight is 240 g/mol. The van der Waals surface area contributed by atoms with E-state index in [1.54, 1.807) is 5.01 Å². The quantitative estimate of drug-likeness (QED) is 0.790. The van der Waals surface area contributed by atoms with E-state index in [1.165, 1.54) is 6.07 Å². The summed E-state index contributed by atoms with van der Waals surface area (Å²) in [4.78, 5) is 11.8. The predicted octanol–water partition coefficient (Wildman–Crippen LogP) is 0.508. The Morgan fingerprint density at radius 2 is 2.12 bits per heavy atom. The van der Waals surface area contributed by atoms with Crippen LogP contribution >= 0.6 is 0 Å². The lowest BCUT2D eigenvalue weighted by atomic mass is 10.2. The van der Waals surface area contributed by atoms with Crippen molar-refractivity contribution in [2.75, 3.05) is 26.3 Å². The molecular formula is C11H13FN2O3. The van der Waals surface area contributed by atoms with Gasteiger partial charge in [0.1, 0.15) is 11.6 Å². The molecule has 1 heterocycles. The molecule has 0 unspecified atom stereocenters. The van der Waals surface area contributed by atoms with E-state index in [0.29, 0.717) is 26.3 Å². The zero-order chi connectivity index (χ0) is 12.3. The van der Waals surface area contributed by atoms with Gasteiger partial charge in [-0.05, 0) is 12.1 Å². The highest BCUT2D eigenvalue weighted by molar-refractivity contribution is 5.96. The molecule has 0 saturated carbocycles. The summed E-state index contributed by atoms with van der Waals surface area (Å²) in [5.41, 5.74) is 2.68. The molecule has 1 aromatic carbocycles. The molecular weight excluding hydrogens is 227 g/mol. The van der Waals surface area contributed by atoms with Crippen LogP contribution in [0.3, 0.4) is 0 Å². The lowest BCUT2D eigenvalue weighted by molar-refractivity contribution is 0.0125. The van der Waals surface area contributed by atoms with Gasteiger partial charge in [0.15, 0.2) is 0 Å². The summed E-state index contributed by atoms with van der Waals surface area (Å²) in [6, 6.07) is 3.29. The van der Waals surface area contributed by atoms with E-state index < -0.39 is 11.7 Å². The third kappa shape index (κ3) is 2.92. The van der Waals surface area contributed by atoms with Crippen LogP contribution in [0.2, 0.25) is 0 Å². The lowest BCUT2D eigenvalue weighted by Gasteiger charge is -2.26. The standard InChI is InChI=1S/C11H13FN2O3/c12-8-1-2-9(10(15)7-8)11(16)13-14-3-5-17-6-4-14/h1-2,7,15H,3-6H2,(H,13,16). The van der Waals surface area contributed by atoms with Crippen LogP contribution in [0.4, 0.5) is 4.39 Å². The average Bonchev–Trinajstić information content (AvgIpc) is 2.30. The number of nitrogens with one attached hydrogen (secondary N) is 1. The molecule has 0 spiro atoms. The Morgan fingerprint density at radius 3 is 2.76 bits per heavy atom. The van der Waals surface area contributed by atoms with E-state index in [0.717, 1.165) is 12.1 Å². The molecule has 5 nitrogen and oxygen atoms in total. The molecule has 6 heteroatoms. The summed E-state index contributed by atoms with van der Waals surface area (Å²) >= 11 is 0. The van der Waals surface area contributed by atoms with Gasteiger partial charge in [0.2, 0.25) is 0 Å². The van der Waals surface area contributed by atoms with Crippen LogP contribution < -0.4 is 5.43 Å². The molecule has 0 aliphatic carbocycles. The molecule has 1 aromatic rings. The van der Waals surface area contributed by atoms with E-state index in [9.17, 15) is 14.3 Å². The molecule has 1 aliphatic heterocycles. The van der Waals surface area contributed by atoms with Gasteiger partial charge in [-0.15, -0.1) is 0 Å². The number of carbonyl (C=O) groups is 1. The number of rotatable bonds is 2. The summed E-state index contributed by atoms with van der Waals surface area (Å²) in [5, 5.41) is 11.2. The molecule has 2 rings (SSSR count). The number of carbonyl (C=O) groups excluding carboxylic acids is 1. The van der Waals surface area contributed by atoms with Gasteiger partial charge in [0, 0.05) is 19.2 Å². The van der Waals surface area contributed by atoms with E-state index in [-0.39, 0.29) is 11.3 Å². The second kappa shape index (κ2) is 5.11. The van der Waals surface area contributed by atoms with E-state index in [2.05, 4.69) is 5.43 Å². The topological polar surface area (TPSA) is 61.8 Å². The number of amides is 1. The Balaban J connectivity index is 2.03. The largest absolute Gasteiger partial charge is 0.507 e. The SMILES string of the molecule is O=C(NN1CCOCC1)c1ccc(F)cc1O. The fourth-order valence-electron chi connectivity index (χ4n) is 1.58. The van der Waals surface area contributed by atoms with Gasteiger partial charge in [0.05, 0.1) is 18.8 Å². The summed E-state index contributed by atoms with van der Waals surface area (Å²) in [7, 11) is 0. The van der Waals surface area contributed by atoms with Crippen molar-refractivity contribution in [1.29, 1.82) is 0 Å². The molecule has 17 heavy (non-hydrogen) atoms. The van der Waals surface area contributed by atoms with Crippen molar-refractivity contribution in [2.24, 2.45) is 0 Å². The Bertz CT molecular complexity index is 419. The van der Waals surface area contributed by atoms with Crippen LogP contribution in [0.1, 0.15) is 10.4 Å².